The van der Waals surface area contributed by atoms with Gasteiger partial charge in [-0.1, -0.05) is 18.2 Å². The number of hydrogen-bond donors (Lipinski definition) is 0. The van der Waals surface area contributed by atoms with Gasteiger partial charge in [-0.2, -0.15) is 0 Å². The second-order valence-corrected chi connectivity index (χ2v) is 6.68. The molecule has 0 fully saturated rings. The smallest absolute Gasteiger partial charge is 0.343 e. The number of rotatable bonds is 4. The van der Waals surface area contributed by atoms with Crippen molar-refractivity contribution in [3.63, 3.8) is 0 Å². The fourth-order valence-corrected chi connectivity index (χ4v) is 3.40. The Morgan fingerprint density at radius 3 is 1.93 bits per heavy atom. The minimum absolute atomic E-state index is 0.129. The SMILES string of the molecule is CCN1C(=O)c2ccccc2/C1=C(\OC(=O)c1ccc(F)cc1)c1ccc(F)cc1. The van der Waals surface area contributed by atoms with Gasteiger partial charge in [-0.05, 0) is 61.5 Å². The topological polar surface area (TPSA) is 46.6 Å². The maximum Gasteiger partial charge on any atom is 0.343 e. The molecule has 4 nitrogen and oxygen atoms in total. The zero-order valence-corrected chi connectivity index (χ0v) is 16.1. The monoisotopic (exact) mass is 405 g/mol. The first-order valence-corrected chi connectivity index (χ1v) is 9.39. The van der Waals surface area contributed by atoms with Gasteiger partial charge in [-0.25, -0.2) is 13.6 Å². The Morgan fingerprint density at radius 1 is 0.833 bits per heavy atom. The molecule has 0 aliphatic carbocycles. The quantitative estimate of drug-likeness (QED) is 0.447. The van der Waals surface area contributed by atoms with Crippen LogP contribution in [0.5, 0.6) is 0 Å². The first kappa shape index (κ1) is 19.5. The molecule has 150 valence electrons. The van der Waals surface area contributed by atoms with Gasteiger partial charge >= 0.3 is 5.97 Å². The van der Waals surface area contributed by atoms with Crippen LogP contribution in [0.1, 0.15) is 38.8 Å². The van der Waals surface area contributed by atoms with Gasteiger partial charge in [0.2, 0.25) is 0 Å². The van der Waals surface area contributed by atoms with Crippen LogP contribution < -0.4 is 0 Å². The van der Waals surface area contributed by atoms with E-state index < -0.39 is 17.6 Å². The highest BCUT2D eigenvalue weighted by Gasteiger charge is 2.35. The predicted molar refractivity (Wildman–Crippen MR) is 108 cm³/mol. The molecule has 30 heavy (non-hydrogen) atoms. The van der Waals surface area contributed by atoms with Gasteiger partial charge in [-0.3, -0.25) is 4.79 Å². The summed E-state index contributed by atoms with van der Waals surface area (Å²) in [5.74, 6) is -1.71. The molecule has 1 aliphatic heterocycles. The van der Waals surface area contributed by atoms with E-state index in [1.165, 1.54) is 41.3 Å². The van der Waals surface area contributed by atoms with Crippen LogP contribution in [0.25, 0.3) is 11.5 Å². The number of fused-ring (bicyclic) bond motifs is 1. The van der Waals surface area contributed by atoms with Gasteiger partial charge in [0, 0.05) is 23.2 Å². The molecule has 3 aromatic rings. The molecule has 0 saturated carbocycles. The predicted octanol–water partition coefficient (Wildman–Crippen LogP) is 5.12. The molecule has 0 bridgehead atoms. The summed E-state index contributed by atoms with van der Waals surface area (Å²) in [5, 5.41) is 0. The zero-order chi connectivity index (χ0) is 21.3. The summed E-state index contributed by atoms with van der Waals surface area (Å²) in [6.07, 6.45) is 0. The number of amides is 1. The highest BCUT2D eigenvalue weighted by Crippen LogP contribution is 2.38. The van der Waals surface area contributed by atoms with Crippen molar-refractivity contribution in [2.24, 2.45) is 0 Å². The zero-order valence-electron chi connectivity index (χ0n) is 16.1. The largest absolute Gasteiger partial charge is 0.420 e. The maximum atomic E-state index is 13.5. The van der Waals surface area contributed by atoms with Gasteiger partial charge in [0.15, 0.2) is 5.76 Å². The van der Waals surface area contributed by atoms with E-state index in [2.05, 4.69) is 0 Å². The van der Waals surface area contributed by atoms with Gasteiger partial charge in [0.1, 0.15) is 11.6 Å². The van der Waals surface area contributed by atoms with E-state index in [0.717, 1.165) is 12.1 Å². The summed E-state index contributed by atoms with van der Waals surface area (Å²) >= 11 is 0. The van der Waals surface area contributed by atoms with Crippen molar-refractivity contribution in [1.82, 2.24) is 4.90 Å². The first-order chi connectivity index (χ1) is 14.5. The van der Waals surface area contributed by atoms with E-state index in [-0.39, 0.29) is 17.2 Å². The third-order valence-electron chi connectivity index (χ3n) is 4.84. The van der Waals surface area contributed by atoms with Crippen LogP contribution >= 0.6 is 0 Å². The van der Waals surface area contributed by atoms with Crippen LogP contribution in [-0.2, 0) is 4.74 Å². The third kappa shape index (κ3) is 3.48. The maximum absolute atomic E-state index is 13.5. The summed E-state index contributed by atoms with van der Waals surface area (Å²) in [7, 11) is 0. The molecule has 1 amide bonds. The summed E-state index contributed by atoms with van der Waals surface area (Å²) in [4.78, 5) is 27.2. The van der Waals surface area contributed by atoms with Crippen LogP contribution in [0.15, 0.2) is 72.8 Å². The fourth-order valence-electron chi connectivity index (χ4n) is 3.40. The lowest BCUT2D eigenvalue weighted by atomic mass is 10.0. The number of ether oxygens (including phenoxy) is 1. The number of hydrogen-bond acceptors (Lipinski definition) is 3. The molecule has 0 saturated heterocycles. The lowest BCUT2D eigenvalue weighted by Gasteiger charge is -2.20. The van der Waals surface area contributed by atoms with Crippen molar-refractivity contribution >= 4 is 23.3 Å². The summed E-state index contributed by atoms with van der Waals surface area (Å²) in [6.45, 7) is 2.16. The lowest BCUT2D eigenvalue weighted by Crippen LogP contribution is -2.24. The Morgan fingerprint density at radius 2 is 1.37 bits per heavy atom. The molecular weight excluding hydrogens is 388 g/mol. The van der Waals surface area contributed by atoms with Crippen LogP contribution in [0.3, 0.4) is 0 Å². The molecule has 3 aromatic carbocycles. The average Bonchev–Trinajstić information content (AvgIpc) is 3.05. The Labute approximate surface area is 172 Å². The standard InChI is InChI=1S/C24H17F2NO3/c1-2-27-21(19-5-3-4-6-20(19)23(27)28)22(15-7-11-17(25)12-8-15)30-24(29)16-9-13-18(26)14-10-16/h3-14H,2H2,1H3/b22-21+. The number of halogens is 2. The molecule has 0 spiro atoms. The van der Waals surface area contributed by atoms with Crippen molar-refractivity contribution in [1.29, 1.82) is 0 Å². The van der Waals surface area contributed by atoms with E-state index >= 15 is 0 Å². The number of esters is 1. The highest BCUT2D eigenvalue weighted by atomic mass is 19.1. The van der Waals surface area contributed by atoms with E-state index in [9.17, 15) is 18.4 Å². The van der Waals surface area contributed by atoms with Gasteiger partial charge in [-0.15, -0.1) is 0 Å². The van der Waals surface area contributed by atoms with Gasteiger partial charge < -0.3 is 9.64 Å². The van der Waals surface area contributed by atoms with Crippen molar-refractivity contribution in [3.8, 4) is 0 Å². The Hall–Kier alpha value is -3.80. The van der Waals surface area contributed by atoms with E-state index in [4.69, 9.17) is 4.74 Å². The molecule has 0 N–H and O–H groups in total. The molecule has 0 aromatic heterocycles. The van der Waals surface area contributed by atoms with E-state index in [1.807, 2.05) is 6.92 Å². The second-order valence-electron chi connectivity index (χ2n) is 6.68. The molecule has 6 heteroatoms. The second kappa shape index (κ2) is 7.91. The summed E-state index contributed by atoms with van der Waals surface area (Å²) < 4.78 is 32.5. The summed E-state index contributed by atoms with van der Waals surface area (Å²) in [5.41, 5.74) is 2.13. The van der Waals surface area contributed by atoms with Crippen molar-refractivity contribution in [3.05, 3.63) is 107 Å². The Bertz CT molecular complexity index is 1150. The molecule has 0 radical (unpaired) electrons. The Balaban J connectivity index is 1.89. The van der Waals surface area contributed by atoms with Crippen LogP contribution in [0.4, 0.5) is 8.78 Å². The number of carbonyl (C=O) groups excluding carboxylic acids is 2. The molecule has 4 rings (SSSR count). The normalized spacial score (nSPS) is 14.5. The first-order valence-electron chi connectivity index (χ1n) is 9.39. The molecule has 1 heterocycles. The van der Waals surface area contributed by atoms with E-state index in [0.29, 0.717) is 28.9 Å². The number of benzene rings is 3. The summed E-state index contributed by atoms with van der Waals surface area (Å²) in [6, 6.07) is 17.4. The van der Waals surface area contributed by atoms with E-state index in [1.54, 1.807) is 24.3 Å². The van der Waals surface area contributed by atoms with Gasteiger partial charge in [0.05, 0.1) is 11.3 Å². The molecular formula is C24H17F2NO3. The average molecular weight is 405 g/mol. The van der Waals surface area contributed by atoms with Crippen molar-refractivity contribution in [2.45, 2.75) is 6.92 Å². The Kier molecular flexibility index (Phi) is 5.14. The van der Waals surface area contributed by atoms with Crippen LogP contribution in [0.2, 0.25) is 0 Å². The van der Waals surface area contributed by atoms with Crippen molar-refractivity contribution in [2.75, 3.05) is 6.54 Å². The minimum atomic E-state index is -0.713. The third-order valence-corrected chi connectivity index (χ3v) is 4.84. The highest BCUT2D eigenvalue weighted by molar-refractivity contribution is 6.13. The van der Waals surface area contributed by atoms with Crippen LogP contribution in [0, 0.1) is 11.6 Å². The minimum Gasteiger partial charge on any atom is -0.420 e. The van der Waals surface area contributed by atoms with Crippen LogP contribution in [-0.4, -0.2) is 23.3 Å². The molecule has 0 unspecified atom stereocenters. The number of nitrogens with zero attached hydrogens (tertiary/aromatic N) is 1. The molecule has 0 atom stereocenters. The number of carbonyl (C=O) groups is 2. The molecule has 1 aliphatic rings. The lowest BCUT2D eigenvalue weighted by molar-refractivity contribution is 0.0687. The fraction of sp³-hybridized carbons (Fsp3) is 0.0833. The van der Waals surface area contributed by atoms with Gasteiger partial charge in [0.25, 0.3) is 5.91 Å². The van der Waals surface area contributed by atoms with Crippen molar-refractivity contribution < 1.29 is 23.1 Å².